The maximum absolute atomic E-state index is 12.9. The molecule has 0 radical (unpaired) electrons. The lowest BCUT2D eigenvalue weighted by Gasteiger charge is -2.23. The van der Waals surface area contributed by atoms with E-state index in [1.807, 2.05) is 0 Å². The second kappa shape index (κ2) is 6.99. The minimum absolute atomic E-state index is 0.249. The van der Waals surface area contributed by atoms with Crippen LogP contribution in [-0.4, -0.2) is 11.0 Å². The molecule has 0 aromatic carbocycles. The molecule has 1 aromatic rings. The molecule has 1 N–H and O–H groups in total. The van der Waals surface area contributed by atoms with E-state index in [1.165, 1.54) is 44.4 Å². The van der Waals surface area contributed by atoms with Crippen LogP contribution in [0.15, 0.2) is 18.3 Å². The number of rotatable bonds is 4. The summed E-state index contributed by atoms with van der Waals surface area (Å²) in [6.45, 7) is 4.50. The van der Waals surface area contributed by atoms with Gasteiger partial charge in [0.05, 0.1) is 11.9 Å². The molecular weight excluding hydrogens is 239 g/mol. The van der Waals surface area contributed by atoms with Crippen LogP contribution in [0, 0.1) is 11.7 Å². The van der Waals surface area contributed by atoms with Gasteiger partial charge in [0.1, 0.15) is 5.82 Å². The molecule has 2 nitrogen and oxygen atoms in total. The Kier molecular flexibility index (Phi) is 5.32. The number of pyridine rings is 1. The number of halogens is 1. The van der Waals surface area contributed by atoms with Gasteiger partial charge in [-0.3, -0.25) is 4.98 Å². The largest absolute Gasteiger partial charge is 0.306 e. The Morgan fingerprint density at radius 3 is 2.84 bits per heavy atom. The van der Waals surface area contributed by atoms with Crippen LogP contribution in [0.5, 0.6) is 0 Å². The van der Waals surface area contributed by atoms with Crippen molar-refractivity contribution in [1.82, 2.24) is 10.3 Å². The van der Waals surface area contributed by atoms with Gasteiger partial charge in [0, 0.05) is 12.1 Å². The third-order valence-electron chi connectivity index (χ3n) is 4.21. The lowest BCUT2D eigenvalue weighted by molar-refractivity contribution is 0.382. The Hall–Kier alpha value is -0.960. The lowest BCUT2D eigenvalue weighted by Crippen LogP contribution is -2.32. The summed E-state index contributed by atoms with van der Waals surface area (Å²) in [4.78, 5) is 4.22. The van der Waals surface area contributed by atoms with Gasteiger partial charge in [-0.05, 0) is 43.7 Å². The van der Waals surface area contributed by atoms with E-state index in [9.17, 15) is 4.39 Å². The van der Waals surface area contributed by atoms with Crippen LogP contribution in [0.2, 0.25) is 0 Å². The van der Waals surface area contributed by atoms with Crippen LogP contribution < -0.4 is 5.32 Å². The highest BCUT2D eigenvalue weighted by Crippen LogP contribution is 2.25. The van der Waals surface area contributed by atoms with E-state index in [-0.39, 0.29) is 11.9 Å². The Balaban J connectivity index is 1.96. The summed E-state index contributed by atoms with van der Waals surface area (Å²) < 4.78 is 12.9. The van der Waals surface area contributed by atoms with Gasteiger partial charge in [-0.2, -0.15) is 0 Å². The van der Waals surface area contributed by atoms with E-state index in [2.05, 4.69) is 24.1 Å². The van der Waals surface area contributed by atoms with E-state index in [0.29, 0.717) is 6.04 Å². The van der Waals surface area contributed by atoms with Crippen LogP contribution in [0.4, 0.5) is 4.39 Å². The van der Waals surface area contributed by atoms with E-state index < -0.39 is 0 Å². The molecule has 1 aliphatic rings. The first-order valence-electron chi connectivity index (χ1n) is 7.56. The summed E-state index contributed by atoms with van der Waals surface area (Å²) in [5.74, 6) is 0.595. The number of hydrogen-bond donors (Lipinski definition) is 1. The molecule has 0 bridgehead atoms. The van der Waals surface area contributed by atoms with Crippen molar-refractivity contribution in [3.63, 3.8) is 0 Å². The smallest absolute Gasteiger partial charge is 0.141 e. The topological polar surface area (TPSA) is 24.9 Å². The Morgan fingerprint density at radius 1 is 1.32 bits per heavy atom. The molecular formula is C16H25FN2. The van der Waals surface area contributed by atoms with Crippen molar-refractivity contribution in [3.8, 4) is 0 Å². The predicted octanol–water partition coefficient (Wildman–Crippen LogP) is 4.23. The maximum Gasteiger partial charge on any atom is 0.141 e. The van der Waals surface area contributed by atoms with Crippen LogP contribution >= 0.6 is 0 Å². The summed E-state index contributed by atoms with van der Waals surface area (Å²) in [5, 5.41) is 3.72. The summed E-state index contributed by atoms with van der Waals surface area (Å²) in [5.41, 5.74) is 0.959. The van der Waals surface area contributed by atoms with Gasteiger partial charge in [0.25, 0.3) is 0 Å². The third-order valence-corrected chi connectivity index (χ3v) is 4.21. The molecule has 3 heteroatoms. The molecule has 1 saturated carbocycles. The SMILES string of the molecule is CCC(NC1CCCC(C)CC1)c1ccc(F)cn1. The Morgan fingerprint density at radius 2 is 2.16 bits per heavy atom. The van der Waals surface area contributed by atoms with E-state index in [1.54, 1.807) is 6.07 Å². The van der Waals surface area contributed by atoms with Gasteiger partial charge < -0.3 is 5.32 Å². The molecule has 0 spiro atoms. The number of aromatic nitrogens is 1. The second-order valence-corrected chi connectivity index (χ2v) is 5.84. The molecule has 3 unspecified atom stereocenters. The van der Waals surface area contributed by atoms with Crippen molar-refractivity contribution >= 4 is 0 Å². The Bertz CT molecular complexity index is 377. The van der Waals surface area contributed by atoms with E-state index in [0.717, 1.165) is 18.0 Å². The third kappa shape index (κ3) is 4.27. The normalized spacial score (nSPS) is 25.8. The molecule has 0 saturated heterocycles. The number of nitrogens with zero attached hydrogens (tertiary/aromatic N) is 1. The van der Waals surface area contributed by atoms with Crippen LogP contribution in [-0.2, 0) is 0 Å². The van der Waals surface area contributed by atoms with E-state index in [4.69, 9.17) is 0 Å². The van der Waals surface area contributed by atoms with Gasteiger partial charge in [0.2, 0.25) is 0 Å². The first-order chi connectivity index (χ1) is 9.19. The molecule has 1 fully saturated rings. The van der Waals surface area contributed by atoms with Crippen LogP contribution in [0.1, 0.15) is 64.1 Å². The minimum Gasteiger partial charge on any atom is -0.306 e. The summed E-state index contributed by atoms with van der Waals surface area (Å²) in [6, 6.07) is 4.14. The first-order valence-corrected chi connectivity index (χ1v) is 7.56. The monoisotopic (exact) mass is 264 g/mol. The van der Waals surface area contributed by atoms with Gasteiger partial charge in [-0.25, -0.2) is 4.39 Å². The van der Waals surface area contributed by atoms with Crippen molar-refractivity contribution < 1.29 is 4.39 Å². The minimum atomic E-state index is -0.262. The van der Waals surface area contributed by atoms with Gasteiger partial charge in [-0.1, -0.05) is 26.7 Å². The molecule has 1 aromatic heterocycles. The highest BCUT2D eigenvalue weighted by atomic mass is 19.1. The van der Waals surface area contributed by atoms with Gasteiger partial charge in [-0.15, -0.1) is 0 Å². The molecule has 1 heterocycles. The zero-order valence-electron chi connectivity index (χ0n) is 12.0. The van der Waals surface area contributed by atoms with Crippen molar-refractivity contribution in [2.45, 2.75) is 64.5 Å². The molecule has 2 rings (SSSR count). The maximum atomic E-state index is 12.9. The zero-order valence-corrected chi connectivity index (χ0v) is 12.0. The summed E-state index contributed by atoms with van der Waals surface area (Å²) >= 11 is 0. The van der Waals surface area contributed by atoms with Gasteiger partial charge in [0.15, 0.2) is 0 Å². The molecule has 0 amide bonds. The molecule has 1 aliphatic carbocycles. The fourth-order valence-corrected chi connectivity index (χ4v) is 2.94. The average Bonchev–Trinajstić information content (AvgIpc) is 2.62. The van der Waals surface area contributed by atoms with E-state index >= 15 is 0 Å². The fraction of sp³-hybridized carbons (Fsp3) is 0.688. The Labute approximate surface area is 115 Å². The second-order valence-electron chi connectivity index (χ2n) is 5.84. The number of hydrogen-bond acceptors (Lipinski definition) is 2. The molecule has 106 valence electrons. The van der Waals surface area contributed by atoms with Crippen LogP contribution in [0.3, 0.4) is 0 Å². The van der Waals surface area contributed by atoms with Crippen LogP contribution in [0.25, 0.3) is 0 Å². The average molecular weight is 264 g/mol. The van der Waals surface area contributed by atoms with Crippen molar-refractivity contribution in [2.75, 3.05) is 0 Å². The fourth-order valence-electron chi connectivity index (χ4n) is 2.94. The molecule has 0 aliphatic heterocycles. The summed E-state index contributed by atoms with van der Waals surface area (Å²) in [7, 11) is 0. The highest BCUT2D eigenvalue weighted by molar-refractivity contribution is 5.10. The predicted molar refractivity (Wildman–Crippen MR) is 76.4 cm³/mol. The molecule has 3 atom stereocenters. The summed E-state index contributed by atoms with van der Waals surface area (Å²) in [6.07, 6.45) is 8.78. The molecule has 19 heavy (non-hydrogen) atoms. The highest BCUT2D eigenvalue weighted by Gasteiger charge is 2.20. The van der Waals surface area contributed by atoms with Crippen molar-refractivity contribution in [1.29, 1.82) is 0 Å². The first kappa shape index (κ1) is 14.4. The number of nitrogens with one attached hydrogen (secondary N) is 1. The zero-order chi connectivity index (χ0) is 13.7. The quantitative estimate of drug-likeness (QED) is 0.823. The standard InChI is InChI=1S/C16H25FN2/c1-3-15(16-10-8-13(17)11-18-16)19-14-6-4-5-12(2)7-9-14/h8,10-12,14-15,19H,3-7,9H2,1-2H3. The van der Waals surface area contributed by atoms with Crippen molar-refractivity contribution in [3.05, 3.63) is 29.8 Å². The van der Waals surface area contributed by atoms with Crippen molar-refractivity contribution in [2.24, 2.45) is 5.92 Å². The van der Waals surface area contributed by atoms with Gasteiger partial charge >= 0.3 is 0 Å². The lowest BCUT2D eigenvalue weighted by atomic mass is 10.0.